The smallest absolute Gasteiger partial charge is 0.114 e. The first-order valence-electron chi connectivity index (χ1n) is 12.3. The number of halogens is 1. The molecule has 0 aromatic rings. The molecule has 3 aliphatic rings. The Bertz CT molecular complexity index is 470. The van der Waals surface area contributed by atoms with Gasteiger partial charge >= 0.3 is 0 Å². The summed E-state index contributed by atoms with van der Waals surface area (Å²) in [6.07, 6.45) is 18.5. The molecule has 0 saturated heterocycles. The molecule has 3 fully saturated rings. The molecule has 0 nitrogen and oxygen atoms in total. The summed E-state index contributed by atoms with van der Waals surface area (Å²) < 4.78 is 14.6. The van der Waals surface area contributed by atoms with Crippen molar-refractivity contribution in [1.29, 1.82) is 0 Å². The molecule has 3 aliphatic carbocycles. The molecule has 27 heavy (non-hydrogen) atoms. The summed E-state index contributed by atoms with van der Waals surface area (Å²) in [5, 5.41) is 0. The van der Waals surface area contributed by atoms with Gasteiger partial charge in [0, 0.05) is 5.92 Å². The minimum absolute atomic E-state index is 0.0324. The highest BCUT2D eigenvalue weighted by Gasteiger charge is 2.31. The van der Waals surface area contributed by atoms with Crippen molar-refractivity contribution >= 4 is 0 Å². The lowest BCUT2D eigenvalue weighted by Gasteiger charge is -2.36. The first kappa shape index (κ1) is 21.2. The van der Waals surface area contributed by atoms with Crippen LogP contribution in [0.1, 0.15) is 110 Å². The van der Waals surface area contributed by atoms with Crippen LogP contribution in [-0.2, 0) is 0 Å². The molecule has 154 valence electrons. The van der Waals surface area contributed by atoms with Gasteiger partial charge in [-0.1, -0.05) is 64.2 Å². The predicted octanol–water partition coefficient (Wildman–Crippen LogP) is 7.96. The SMILES string of the molecule is CCCCCC1CCC(C#CC2CCC([C@H]3CC[C@H](C)CC3)CC2)C(F)C1. The van der Waals surface area contributed by atoms with Crippen LogP contribution in [0.3, 0.4) is 0 Å². The molecule has 0 aromatic carbocycles. The molecule has 3 atom stereocenters. The number of alkyl halides is 1. The zero-order valence-corrected chi connectivity index (χ0v) is 18.0. The van der Waals surface area contributed by atoms with Gasteiger partial charge in [0.2, 0.25) is 0 Å². The fraction of sp³-hybridized carbons (Fsp3) is 0.923. The summed E-state index contributed by atoms with van der Waals surface area (Å²) >= 11 is 0. The average molecular weight is 375 g/mol. The Morgan fingerprint density at radius 3 is 2.07 bits per heavy atom. The Morgan fingerprint density at radius 1 is 0.778 bits per heavy atom. The summed E-state index contributed by atoms with van der Waals surface area (Å²) in [4.78, 5) is 0. The molecule has 0 heterocycles. The van der Waals surface area contributed by atoms with E-state index in [4.69, 9.17) is 0 Å². The molecule has 0 spiro atoms. The van der Waals surface area contributed by atoms with Crippen LogP contribution in [0.4, 0.5) is 4.39 Å². The summed E-state index contributed by atoms with van der Waals surface area (Å²) in [7, 11) is 0. The third-order valence-electron chi connectivity index (χ3n) is 8.07. The van der Waals surface area contributed by atoms with Crippen molar-refractivity contribution in [3.63, 3.8) is 0 Å². The van der Waals surface area contributed by atoms with Gasteiger partial charge in [-0.15, -0.1) is 0 Å². The zero-order valence-electron chi connectivity index (χ0n) is 18.0. The monoisotopic (exact) mass is 374 g/mol. The number of rotatable bonds is 5. The van der Waals surface area contributed by atoms with Gasteiger partial charge < -0.3 is 0 Å². The molecule has 3 saturated carbocycles. The van der Waals surface area contributed by atoms with Crippen LogP contribution in [0.15, 0.2) is 0 Å². The molecular formula is C26H43F. The van der Waals surface area contributed by atoms with Crippen LogP contribution in [0.25, 0.3) is 0 Å². The van der Waals surface area contributed by atoms with Crippen molar-refractivity contribution in [2.24, 2.45) is 35.5 Å². The summed E-state index contributed by atoms with van der Waals surface area (Å²) in [6, 6.07) is 0. The van der Waals surface area contributed by atoms with E-state index in [0.29, 0.717) is 11.8 Å². The minimum Gasteiger partial charge on any atom is -0.246 e. The van der Waals surface area contributed by atoms with E-state index < -0.39 is 6.17 Å². The third-order valence-corrected chi connectivity index (χ3v) is 8.07. The van der Waals surface area contributed by atoms with E-state index in [0.717, 1.165) is 30.6 Å². The average Bonchev–Trinajstić information content (AvgIpc) is 2.69. The highest BCUT2D eigenvalue weighted by atomic mass is 19.1. The van der Waals surface area contributed by atoms with Crippen LogP contribution in [-0.4, -0.2) is 6.17 Å². The standard InChI is InChI=1S/C26H43F/c1-3-4-5-6-22-12-18-25(26(27)19-22)17-11-21-9-15-24(16-10-21)23-13-7-20(2)8-14-23/h20-26H,3-10,12-16,18-19H2,1-2H3/t20-,21?,22?,23-,24?,25?,26?. The Kier molecular flexibility index (Phi) is 8.54. The minimum atomic E-state index is -0.668. The maximum atomic E-state index is 14.6. The van der Waals surface area contributed by atoms with Gasteiger partial charge in [-0.25, -0.2) is 4.39 Å². The topological polar surface area (TPSA) is 0 Å². The van der Waals surface area contributed by atoms with Crippen molar-refractivity contribution in [2.45, 2.75) is 116 Å². The highest BCUT2D eigenvalue weighted by molar-refractivity contribution is 5.11. The van der Waals surface area contributed by atoms with Crippen LogP contribution >= 0.6 is 0 Å². The van der Waals surface area contributed by atoms with Gasteiger partial charge in [-0.3, -0.25) is 0 Å². The molecule has 3 rings (SSSR count). The normalized spacial score (nSPS) is 40.2. The van der Waals surface area contributed by atoms with E-state index in [9.17, 15) is 4.39 Å². The molecule has 0 aromatic heterocycles. The van der Waals surface area contributed by atoms with Gasteiger partial charge in [0.1, 0.15) is 6.17 Å². The maximum absolute atomic E-state index is 14.6. The van der Waals surface area contributed by atoms with Crippen molar-refractivity contribution in [2.75, 3.05) is 0 Å². The Labute approximate surface area is 168 Å². The van der Waals surface area contributed by atoms with Gasteiger partial charge in [0.05, 0.1) is 5.92 Å². The van der Waals surface area contributed by atoms with Crippen LogP contribution < -0.4 is 0 Å². The van der Waals surface area contributed by atoms with Crippen LogP contribution in [0.5, 0.6) is 0 Å². The van der Waals surface area contributed by atoms with Gasteiger partial charge in [0.15, 0.2) is 0 Å². The summed E-state index contributed by atoms with van der Waals surface area (Å²) in [5.74, 6) is 11.1. The quantitative estimate of drug-likeness (QED) is 0.338. The second-order valence-electron chi connectivity index (χ2n) is 10.2. The number of hydrogen-bond acceptors (Lipinski definition) is 0. The fourth-order valence-corrected chi connectivity index (χ4v) is 6.02. The zero-order chi connectivity index (χ0) is 19.1. The van der Waals surface area contributed by atoms with Crippen LogP contribution in [0.2, 0.25) is 0 Å². The summed E-state index contributed by atoms with van der Waals surface area (Å²) in [5.41, 5.74) is 0. The van der Waals surface area contributed by atoms with Crippen molar-refractivity contribution in [3.05, 3.63) is 0 Å². The highest BCUT2D eigenvalue weighted by Crippen LogP contribution is 2.41. The third kappa shape index (κ3) is 6.51. The molecule has 0 N–H and O–H groups in total. The van der Waals surface area contributed by atoms with E-state index in [2.05, 4.69) is 25.7 Å². The van der Waals surface area contributed by atoms with Crippen molar-refractivity contribution in [3.8, 4) is 11.8 Å². The molecule has 1 heteroatoms. The largest absolute Gasteiger partial charge is 0.246 e. The molecule has 3 unspecified atom stereocenters. The molecule has 0 amide bonds. The second-order valence-corrected chi connectivity index (χ2v) is 10.2. The number of unbranched alkanes of at least 4 members (excludes halogenated alkanes) is 2. The Hall–Kier alpha value is -0.510. The predicted molar refractivity (Wildman–Crippen MR) is 114 cm³/mol. The molecule has 0 radical (unpaired) electrons. The fourth-order valence-electron chi connectivity index (χ4n) is 6.02. The lowest BCUT2D eigenvalue weighted by Crippen LogP contribution is -2.26. The van der Waals surface area contributed by atoms with Crippen LogP contribution in [0, 0.1) is 47.3 Å². The van der Waals surface area contributed by atoms with Gasteiger partial charge in [-0.05, 0) is 81.5 Å². The first-order chi connectivity index (χ1) is 13.2. The summed E-state index contributed by atoms with van der Waals surface area (Å²) in [6.45, 7) is 4.66. The second kappa shape index (κ2) is 10.9. The van der Waals surface area contributed by atoms with Crippen molar-refractivity contribution in [1.82, 2.24) is 0 Å². The van der Waals surface area contributed by atoms with E-state index in [1.54, 1.807) is 0 Å². The Balaban J connectivity index is 1.38. The molecule has 0 bridgehead atoms. The van der Waals surface area contributed by atoms with Gasteiger partial charge in [-0.2, -0.15) is 0 Å². The van der Waals surface area contributed by atoms with E-state index >= 15 is 0 Å². The van der Waals surface area contributed by atoms with E-state index in [1.165, 1.54) is 83.5 Å². The molecule has 0 aliphatic heterocycles. The van der Waals surface area contributed by atoms with Crippen molar-refractivity contribution < 1.29 is 4.39 Å². The van der Waals surface area contributed by atoms with E-state index in [1.807, 2.05) is 0 Å². The number of hydrogen-bond donors (Lipinski definition) is 0. The molecular weight excluding hydrogens is 331 g/mol. The first-order valence-corrected chi connectivity index (χ1v) is 12.3. The lowest BCUT2D eigenvalue weighted by atomic mass is 9.69. The maximum Gasteiger partial charge on any atom is 0.114 e. The lowest BCUT2D eigenvalue weighted by molar-refractivity contribution is 0.151. The Morgan fingerprint density at radius 2 is 1.44 bits per heavy atom. The van der Waals surface area contributed by atoms with E-state index in [-0.39, 0.29) is 5.92 Å². The van der Waals surface area contributed by atoms with Gasteiger partial charge in [0.25, 0.3) is 0 Å².